The number of carbonyl (C=O) groups is 8. The first-order valence-corrected chi connectivity index (χ1v) is 38.0. The highest BCUT2D eigenvalue weighted by molar-refractivity contribution is 5.93. The van der Waals surface area contributed by atoms with E-state index in [1.165, 1.54) is 77.4 Å². The van der Waals surface area contributed by atoms with E-state index in [2.05, 4.69) is 33.0 Å². The number of rotatable bonds is 63. The molecular formula is C77H134N10O9. The minimum Gasteiger partial charge on any atom is -0.396 e. The number of aliphatic hydroxyl groups excluding tert-OH is 1. The molecule has 0 spiro atoms. The molecule has 19 heteroatoms. The number of nitrogens with two attached hydrogens (primary N) is 2. The van der Waals surface area contributed by atoms with Gasteiger partial charge in [0.05, 0.1) is 52.4 Å². The Balaban J connectivity index is 2.65. The Morgan fingerprint density at radius 3 is 0.833 bits per heavy atom. The SMILES string of the molecule is CCCCCCCCCCN(CC(N)=O)C(=O)CN(CCCCCCCCCC)C(=O)CN(CCCCCCCCCC)C(=O)CN(CCCCCCCCCC)C(=O)CN(CCc1ccccc1)C(=O)CN(CCc1ccccc1)C(=O)CN(CCN)C(=O)CNCCCO. The van der Waals surface area contributed by atoms with E-state index in [-0.39, 0.29) is 116 Å². The van der Waals surface area contributed by atoms with Gasteiger partial charge < -0.3 is 56.2 Å². The first kappa shape index (κ1) is 86.2. The van der Waals surface area contributed by atoms with Crippen LogP contribution in [0.5, 0.6) is 0 Å². The van der Waals surface area contributed by atoms with Gasteiger partial charge in [0.2, 0.25) is 47.3 Å². The summed E-state index contributed by atoms with van der Waals surface area (Å²) >= 11 is 0. The Hall–Kier alpha value is -5.92. The molecule has 0 saturated carbocycles. The maximum absolute atomic E-state index is 15.3. The molecule has 19 nitrogen and oxygen atoms in total. The third-order valence-corrected chi connectivity index (χ3v) is 18.1. The average molecular weight is 1340 g/mol. The van der Waals surface area contributed by atoms with Crippen molar-refractivity contribution in [2.75, 3.05) is 118 Å². The van der Waals surface area contributed by atoms with Crippen LogP contribution < -0.4 is 16.8 Å². The van der Waals surface area contributed by atoms with E-state index in [1.807, 2.05) is 60.7 Å². The van der Waals surface area contributed by atoms with Crippen LogP contribution in [0.1, 0.15) is 251 Å². The Morgan fingerprint density at radius 1 is 0.323 bits per heavy atom. The molecule has 8 amide bonds. The molecule has 0 aromatic heterocycles. The second-order valence-electron chi connectivity index (χ2n) is 26.6. The van der Waals surface area contributed by atoms with Gasteiger partial charge in [-0.25, -0.2) is 0 Å². The lowest BCUT2D eigenvalue weighted by Crippen LogP contribution is -2.53. The molecule has 0 aliphatic heterocycles. The van der Waals surface area contributed by atoms with Crippen LogP contribution >= 0.6 is 0 Å². The van der Waals surface area contributed by atoms with E-state index in [4.69, 9.17) is 11.5 Å². The third-order valence-electron chi connectivity index (χ3n) is 18.1. The smallest absolute Gasteiger partial charge is 0.242 e. The van der Waals surface area contributed by atoms with E-state index >= 15 is 19.2 Å². The molecule has 0 saturated heterocycles. The van der Waals surface area contributed by atoms with Crippen molar-refractivity contribution >= 4 is 47.3 Å². The van der Waals surface area contributed by atoms with Gasteiger partial charge in [-0.2, -0.15) is 0 Å². The predicted molar refractivity (Wildman–Crippen MR) is 390 cm³/mol. The van der Waals surface area contributed by atoms with Crippen molar-refractivity contribution in [1.82, 2.24) is 39.6 Å². The van der Waals surface area contributed by atoms with Crippen molar-refractivity contribution < 1.29 is 43.5 Å². The van der Waals surface area contributed by atoms with Crippen molar-refractivity contribution in [1.29, 1.82) is 0 Å². The highest BCUT2D eigenvalue weighted by atomic mass is 16.3. The predicted octanol–water partition coefficient (Wildman–Crippen LogP) is 11.3. The van der Waals surface area contributed by atoms with Gasteiger partial charge in [-0.1, -0.05) is 268 Å². The Morgan fingerprint density at radius 2 is 0.573 bits per heavy atom. The van der Waals surface area contributed by atoms with Crippen LogP contribution in [0.25, 0.3) is 0 Å². The molecule has 0 unspecified atom stereocenters. The number of amides is 8. The number of hydrogen-bond acceptors (Lipinski definition) is 11. The third kappa shape index (κ3) is 42.7. The lowest BCUT2D eigenvalue weighted by atomic mass is 10.1. The summed E-state index contributed by atoms with van der Waals surface area (Å²) in [4.78, 5) is 126. The van der Waals surface area contributed by atoms with Gasteiger partial charge in [-0.15, -0.1) is 0 Å². The molecule has 2 rings (SSSR count). The van der Waals surface area contributed by atoms with Crippen molar-refractivity contribution in [2.24, 2.45) is 11.5 Å². The van der Waals surface area contributed by atoms with Crippen LogP contribution in [0.3, 0.4) is 0 Å². The number of unbranched alkanes of at least 4 members (excludes halogenated alkanes) is 28. The van der Waals surface area contributed by atoms with Gasteiger partial charge >= 0.3 is 0 Å². The Bertz CT molecular complexity index is 2350. The van der Waals surface area contributed by atoms with Crippen LogP contribution in [-0.4, -0.2) is 205 Å². The largest absolute Gasteiger partial charge is 0.396 e. The number of aliphatic hydroxyl groups is 1. The zero-order valence-electron chi connectivity index (χ0n) is 60.7. The van der Waals surface area contributed by atoms with Gasteiger partial charge in [0.15, 0.2) is 0 Å². The summed E-state index contributed by atoms with van der Waals surface area (Å²) in [5.74, 6) is -3.46. The van der Waals surface area contributed by atoms with Gasteiger partial charge in [-0.3, -0.25) is 38.4 Å². The quantitative estimate of drug-likeness (QED) is 0.0454. The molecule has 0 aliphatic rings. The fourth-order valence-electron chi connectivity index (χ4n) is 12.0. The molecule has 546 valence electrons. The zero-order chi connectivity index (χ0) is 70.1. The molecule has 6 N–H and O–H groups in total. The fourth-order valence-corrected chi connectivity index (χ4v) is 12.0. The number of nitrogens with one attached hydrogen (secondary N) is 1. The van der Waals surface area contributed by atoms with Crippen molar-refractivity contribution in [3.63, 3.8) is 0 Å². The van der Waals surface area contributed by atoms with Crippen molar-refractivity contribution in [3.8, 4) is 0 Å². The first-order valence-electron chi connectivity index (χ1n) is 38.0. The Kier molecular flexibility index (Phi) is 52.1. The summed E-state index contributed by atoms with van der Waals surface area (Å²) in [6.45, 7) is 8.57. The molecule has 0 radical (unpaired) electrons. The van der Waals surface area contributed by atoms with Crippen LogP contribution in [-0.2, 0) is 51.2 Å². The van der Waals surface area contributed by atoms with Gasteiger partial charge in [0.25, 0.3) is 0 Å². The topological polar surface area (TPSA) is 244 Å². The van der Waals surface area contributed by atoms with Crippen molar-refractivity contribution in [2.45, 2.75) is 252 Å². The summed E-state index contributed by atoms with van der Waals surface area (Å²) < 4.78 is 0. The molecular weight excluding hydrogens is 1210 g/mol. The van der Waals surface area contributed by atoms with E-state index in [0.29, 0.717) is 64.6 Å². The van der Waals surface area contributed by atoms with Crippen LogP contribution in [0.15, 0.2) is 60.7 Å². The van der Waals surface area contributed by atoms with Gasteiger partial charge in [-0.05, 0) is 62.6 Å². The lowest BCUT2D eigenvalue weighted by Gasteiger charge is -2.32. The maximum atomic E-state index is 15.3. The lowest BCUT2D eigenvalue weighted by molar-refractivity contribution is -0.148. The van der Waals surface area contributed by atoms with E-state index in [0.717, 1.165) is 133 Å². The first-order chi connectivity index (χ1) is 46.7. The molecule has 0 heterocycles. The second kappa shape index (κ2) is 58.1. The molecule has 96 heavy (non-hydrogen) atoms. The fraction of sp³-hybridized carbons (Fsp3) is 0.740. The molecule has 0 atom stereocenters. The minimum absolute atomic E-state index is 0.0360. The summed E-state index contributed by atoms with van der Waals surface area (Å²) in [6, 6.07) is 19.3. The minimum atomic E-state index is -0.618. The molecule has 0 bridgehead atoms. The van der Waals surface area contributed by atoms with Gasteiger partial charge in [0, 0.05) is 59.0 Å². The molecule has 0 aliphatic carbocycles. The normalized spacial score (nSPS) is 11.1. The summed E-state index contributed by atoms with van der Waals surface area (Å²) in [7, 11) is 0. The van der Waals surface area contributed by atoms with E-state index < -0.39 is 29.5 Å². The molecule has 2 aromatic rings. The van der Waals surface area contributed by atoms with Crippen LogP contribution in [0.2, 0.25) is 0 Å². The second-order valence-corrected chi connectivity index (χ2v) is 26.6. The van der Waals surface area contributed by atoms with Gasteiger partial charge in [0.1, 0.15) is 0 Å². The summed E-state index contributed by atoms with van der Waals surface area (Å²) in [6.07, 6.45) is 34.4. The molecule has 0 fully saturated rings. The van der Waals surface area contributed by atoms with Crippen LogP contribution in [0, 0.1) is 0 Å². The van der Waals surface area contributed by atoms with Crippen molar-refractivity contribution in [3.05, 3.63) is 71.8 Å². The highest BCUT2D eigenvalue weighted by Crippen LogP contribution is 2.17. The number of carbonyl (C=O) groups excluding carboxylic acids is 8. The maximum Gasteiger partial charge on any atom is 0.242 e. The van der Waals surface area contributed by atoms with E-state index in [1.54, 1.807) is 14.7 Å². The van der Waals surface area contributed by atoms with Crippen LogP contribution in [0.4, 0.5) is 0 Å². The number of nitrogens with zero attached hydrogens (tertiary/aromatic N) is 7. The zero-order valence-corrected chi connectivity index (χ0v) is 60.7. The average Bonchev–Trinajstić information content (AvgIpc) is 1.35. The number of primary amides is 1. The standard InChI is InChI=1S/C77H134N10O9/c1-5-9-13-17-21-25-29-39-52-81(61-70(79)89)72(91)62-82(53-40-30-26-22-18-14-10-6-2)73(92)63-83(54-41-31-27-23-19-15-11-7-3)74(93)64-84(55-42-32-28-24-20-16-12-8-4)75(94)65-85(56-48-68-44-35-33-36-45-68)76(95)66-86(57-49-69-46-37-34-38-47-69)77(96)67-87(58-50-78)71(90)60-80-51-43-59-88/h33-38,44-47,80,88H,5-32,39-43,48-67,78H2,1-4H3,(H2,79,89). The Labute approximate surface area is 581 Å². The summed E-state index contributed by atoms with van der Waals surface area (Å²) in [5, 5.41) is 12.3. The van der Waals surface area contributed by atoms with E-state index in [9.17, 15) is 24.3 Å². The monoisotopic (exact) mass is 1340 g/mol. The number of hydrogen-bond donors (Lipinski definition) is 4. The summed E-state index contributed by atoms with van der Waals surface area (Å²) in [5.41, 5.74) is 13.6. The molecule has 2 aromatic carbocycles. The highest BCUT2D eigenvalue weighted by Gasteiger charge is 2.31. The number of benzene rings is 2.